The Morgan fingerprint density at radius 3 is 2.50 bits per heavy atom. The van der Waals surface area contributed by atoms with Crippen molar-refractivity contribution in [3.05, 3.63) is 69.8 Å². The van der Waals surface area contributed by atoms with Crippen LogP contribution in [0.25, 0.3) is 0 Å². The minimum atomic E-state index is -3.27. The molecule has 0 radical (unpaired) electrons. The molecule has 9 nitrogen and oxygen atoms in total. The second-order valence-electron chi connectivity index (χ2n) is 6.08. The lowest BCUT2D eigenvalue weighted by Gasteiger charge is -2.14. The van der Waals surface area contributed by atoms with Gasteiger partial charge in [-0.15, -0.1) is 0 Å². The van der Waals surface area contributed by atoms with Crippen molar-refractivity contribution >= 4 is 33.1 Å². The summed E-state index contributed by atoms with van der Waals surface area (Å²) in [6, 6.07) is 11.4. The molecule has 0 saturated heterocycles. The highest BCUT2D eigenvalue weighted by Crippen LogP contribution is 2.23. The molecule has 10 heteroatoms. The molecule has 148 valence electrons. The van der Waals surface area contributed by atoms with Gasteiger partial charge in [0.2, 0.25) is 0 Å². The molecule has 0 unspecified atom stereocenters. The summed E-state index contributed by atoms with van der Waals surface area (Å²) in [5.74, 6) is -1.79. The van der Waals surface area contributed by atoms with Crippen molar-refractivity contribution in [2.45, 2.75) is 18.8 Å². The number of carbonyl (C=O) groups excluding carboxylic acids is 2. The number of ether oxygens (including phenoxy) is 1. The maximum absolute atomic E-state index is 12.2. The maximum Gasteiger partial charge on any atom is 0.338 e. The standard InChI is InChI=1S/C18H18N2O7S/c1-12(17(21)19-15-8-3-4-9-16(15)20(23)24)27-18(22)14-7-5-6-13(10-14)11-28(2,25)26/h3-10,12H,11H2,1-2H3,(H,19,21)/t12-/m0/s1. The van der Waals surface area contributed by atoms with Crippen molar-refractivity contribution in [3.8, 4) is 0 Å². The molecule has 2 aromatic rings. The van der Waals surface area contributed by atoms with E-state index in [1.807, 2.05) is 0 Å². The van der Waals surface area contributed by atoms with Crippen molar-refractivity contribution < 1.29 is 27.7 Å². The second kappa shape index (κ2) is 8.61. The molecule has 2 rings (SSSR count). The normalized spacial score (nSPS) is 12.1. The number of hydrogen-bond donors (Lipinski definition) is 1. The van der Waals surface area contributed by atoms with Crippen molar-refractivity contribution in [2.75, 3.05) is 11.6 Å². The van der Waals surface area contributed by atoms with E-state index >= 15 is 0 Å². The second-order valence-corrected chi connectivity index (χ2v) is 8.22. The van der Waals surface area contributed by atoms with E-state index < -0.39 is 32.7 Å². The number of amides is 1. The Bertz CT molecular complexity index is 1020. The van der Waals surface area contributed by atoms with Crippen LogP contribution < -0.4 is 5.32 Å². The van der Waals surface area contributed by atoms with Gasteiger partial charge in [-0.1, -0.05) is 24.3 Å². The molecule has 0 aliphatic heterocycles. The van der Waals surface area contributed by atoms with Gasteiger partial charge in [0.25, 0.3) is 11.6 Å². The molecular weight excluding hydrogens is 388 g/mol. The molecule has 0 bridgehead atoms. The number of nitro groups is 1. The number of esters is 1. The van der Waals surface area contributed by atoms with E-state index in [1.165, 1.54) is 49.4 Å². The van der Waals surface area contributed by atoms with Crippen LogP contribution in [-0.2, 0) is 25.1 Å². The van der Waals surface area contributed by atoms with Crippen LogP contribution in [0.3, 0.4) is 0 Å². The third kappa shape index (κ3) is 5.88. The van der Waals surface area contributed by atoms with Gasteiger partial charge in [-0.05, 0) is 30.7 Å². The number of carbonyl (C=O) groups is 2. The summed E-state index contributed by atoms with van der Waals surface area (Å²) in [6.07, 6.45) is -0.154. The fourth-order valence-corrected chi connectivity index (χ4v) is 3.13. The SMILES string of the molecule is C[C@H](OC(=O)c1cccc(CS(C)(=O)=O)c1)C(=O)Nc1ccccc1[N+](=O)[O-]. The zero-order chi connectivity index (χ0) is 20.9. The lowest BCUT2D eigenvalue weighted by molar-refractivity contribution is -0.383. The predicted molar refractivity (Wildman–Crippen MR) is 102 cm³/mol. The van der Waals surface area contributed by atoms with Gasteiger partial charge in [0.1, 0.15) is 5.69 Å². The van der Waals surface area contributed by atoms with Gasteiger partial charge in [-0.3, -0.25) is 14.9 Å². The van der Waals surface area contributed by atoms with Crippen LogP contribution in [0.4, 0.5) is 11.4 Å². The van der Waals surface area contributed by atoms with E-state index in [1.54, 1.807) is 6.07 Å². The number of nitrogens with one attached hydrogen (secondary N) is 1. The number of hydrogen-bond acceptors (Lipinski definition) is 7. The van der Waals surface area contributed by atoms with Gasteiger partial charge < -0.3 is 10.1 Å². The first-order chi connectivity index (χ1) is 13.1. The summed E-state index contributed by atoms with van der Waals surface area (Å²) in [7, 11) is -3.27. The van der Waals surface area contributed by atoms with Crippen molar-refractivity contribution in [1.29, 1.82) is 0 Å². The summed E-state index contributed by atoms with van der Waals surface area (Å²) in [5.41, 5.74) is 0.193. The largest absolute Gasteiger partial charge is 0.449 e. The van der Waals surface area contributed by atoms with E-state index in [9.17, 15) is 28.1 Å². The Kier molecular flexibility index (Phi) is 6.47. The van der Waals surface area contributed by atoms with Crippen molar-refractivity contribution in [3.63, 3.8) is 0 Å². The highest BCUT2D eigenvalue weighted by atomic mass is 32.2. The lowest BCUT2D eigenvalue weighted by atomic mass is 10.1. The summed E-state index contributed by atoms with van der Waals surface area (Å²) >= 11 is 0. The molecule has 0 saturated carbocycles. The topological polar surface area (TPSA) is 133 Å². The van der Waals surface area contributed by atoms with Crippen LogP contribution in [0.2, 0.25) is 0 Å². The van der Waals surface area contributed by atoms with Gasteiger partial charge in [0.15, 0.2) is 15.9 Å². The summed E-state index contributed by atoms with van der Waals surface area (Å²) in [4.78, 5) is 34.8. The molecule has 0 aliphatic carbocycles. The first kappa shape index (κ1) is 21.0. The van der Waals surface area contributed by atoms with E-state index in [4.69, 9.17) is 4.74 Å². The first-order valence-corrected chi connectivity index (χ1v) is 10.1. The highest BCUT2D eigenvalue weighted by Gasteiger charge is 2.22. The monoisotopic (exact) mass is 406 g/mol. The fraction of sp³-hybridized carbons (Fsp3) is 0.222. The Balaban J connectivity index is 2.07. The van der Waals surface area contributed by atoms with Crippen molar-refractivity contribution in [1.82, 2.24) is 0 Å². The summed E-state index contributed by atoms with van der Waals surface area (Å²) in [5, 5.41) is 13.3. The minimum absolute atomic E-state index is 0.0180. The van der Waals surface area contributed by atoms with E-state index in [2.05, 4.69) is 5.32 Å². The average Bonchev–Trinajstić information content (AvgIpc) is 2.60. The van der Waals surface area contributed by atoms with Crippen LogP contribution >= 0.6 is 0 Å². The number of sulfone groups is 1. The molecule has 28 heavy (non-hydrogen) atoms. The Morgan fingerprint density at radius 1 is 1.18 bits per heavy atom. The minimum Gasteiger partial charge on any atom is -0.449 e. The van der Waals surface area contributed by atoms with E-state index in [0.29, 0.717) is 5.56 Å². The van der Waals surface area contributed by atoms with Crippen LogP contribution in [0.5, 0.6) is 0 Å². The van der Waals surface area contributed by atoms with Gasteiger partial charge >= 0.3 is 5.97 Å². The molecule has 0 heterocycles. The predicted octanol–water partition coefficient (Wildman–Crippen LogP) is 2.32. The molecule has 0 aromatic heterocycles. The zero-order valence-corrected chi connectivity index (χ0v) is 15.9. The Labute approximate surface area is 161 Å². The first-order valence-electron chi connectivity index (χ1n) is 8.09. The number of nitro benzene ring substituents is 1. The van der Waals surface area contributed by atoms with Gasteiger partial charge in [-0.25, -0.2) is 13.2 Å². The molecule has 2 aromatic carbocycles. The molecule has 0 fully saturated rings. The highest BCUT2D eigenvalue weighted by molar-refractivity contribution is 7.89. The molecule has 1 N–H and O–H groups in total. The molecule has 0 aliphatic rings. The third-order valence-electron chi connectivity index (χ3n) is 3.60. The Hall–Kier alpha value is -3.27. The number of benzene rings is 2. The van der Waals surface area contributed by atoms with Crippen LogP contribution in [0, 0.1) is 10.1 Å². The van der Waals surface area contributed by atoms with E-state index in [-0.39, 0.29) is 22.7 Å². The number of rotatable bonds is 7. The van der Waals surface area contributed by atoms with Crippen LogP contribution in [0.1, 0.15) is 22.8 Å². The third-order valence-corrected chi connectivity index (χ3v) is 4.46. The maximum atomic E-state index is 12.2. The van der Waals surface area contributed by atoms with Gasteiger partial charge in [-0.2, -0.15) is 0 Å². The molecule has 0 spiro atoms. The fourth-order valence-electron chi connectivity index (χ4n) is 2.35. The Morgan fingerprint density at radius 2 is 1.86 bits per heavy atom. The zero-order valence-electron chi connectivity index (χ0n) is 15.1. The molecule has 1 atom stereocenters. The van der Waals surface area contributed by atoms with Gasteiger partial charge in [0.05, 0.1) is 16.2 Å². The number of para-hydroxylation sites is 2. The average molecular weight is 406 g/mol. The smallest absolute Gasteiger partial charge is 0.338 e. The lowest BCUT2D eigenvalue weighted by Crippen LogP contribution is -2.30. The van der Waals surface area contributed by atoms with Crippen molar-refractivity contribution in [2.24, 2.45) is 0 Å². The number of nitrogens with zero attached hydrogens (tertiary/aromatic N) is 1. The molecule has 1 amide bonds. The molecular formula is C18H18N2O7S. The quantitative estimate of drug-likeness (QED) is 0.424. The van der Waals surface area contributed by atoms with Crippen LogP contribution in [-0.4, -0.2) is 37.6 Å². The van der Waals surface area contributed by atoms with E-state index in [0.717, 1.165) is 6.26 Å². The van der Waals surface area contributed by atoms with Crippen LogP contribution in [0.15, 0.2) is 48.5 Å². The summed E-state index contributed by atoms with van der Waals surface area (Å²) < 4.78 is 27.8. The number of anilines is 1. The van der Waals surface area contributed by atoms with Gasteiger partial charge in [0, 0.05) is 12.3 Å². The summed E-state index contributed by atoms with van der Waals surface area (Å²) in [6.45, 7) is 1.32.